The van der Waals surface area contributed by atoms with Crippen LogP contribution in [0.2, 0.25) is 0 Å². The van der Waals surface area contributed by atoms with Crippen LogP contribution in [0.1, 0.15) is 30.1 Å². The third kappa shape index (κ3) is 2.75. The predicted molar refractivity (Wildman–Crippen MR) is 74.4 cm³/mol. The van der Waals surface area contributed by atoms with Gasteiger partial charge in [0.1, 0.15) is 0 Å². The van der Waals surface area contributed by atoms with Crippen LogP contribution in [0.5, 0.6) is 0 Å². The van der Waals surface area contributed by atoms with Gasteiger partial charge in [0.2, 0.25) is 5.91 Å². The summed E-state index contributed by atoms with van der Waals surface area (Å²) in [6.07, 6.45) is 1.60. The zero-order chi connectivity index (χ0) is 13.3. The Bertz CT molecular complexity index is 474. The first-order chi connectivity index (χ1) is 8.49. The van der Waals surface area contributed by atoms with E-state index in [1.54, 1.807) is 4.90 Å². The van der Waals surface area contributed by atoms with Crippen molar-refractivity contribution in [3.8, 4) is 0 Å². The molecule has 4 nitrogen and oxygen atoms in total. The Hall–Kier alpha value is -0.880. The molecule has 1 aromatic heterocycles. The number of nitrogens with zero attached hydrogens (tertiary/aromatic N) is 1. The van der Waals surface area contributed by atoms with Crippen molar-refractivity contribution in [1.29, 1.82) is 0 Å². The molecular weight excluding hydrogens is 316 g/mol. The molecule has 1 aliphatic heterocycles. The molecule has 1 fully saturated rings. The first-order valence-electron chi connectivity index (χ1n) is 5.83. The lowest BCUT2D eigenvalue weighted by Gasteiger charge is -2.36. The molecule has 18 heavy (non-hydrogen) atoms. The van der Waals surface area contributed by atoms with Crippen molar-refractivity contribution >= 4 is 39.1 Å². The maximum Gasteiger partial charge on any atom is 0.255 e. The summed E-state index contributed by atoms with van der Waals surface area (Å²) in [6, 6.07) is 1.97. The molecule has 0 aliphatic carbocycles. The van der Waals surface area contributed by atoms with E-state index >= 15 is 0 Å². The van der Waals surface area contributed by atoms with E-state index in [-0.39, 0.29) is 23.8 Å². The first-order valence-corrected chi connectivity index (χ1v) is 7.50. The fourth-order valence-corrected chi connectivity index (χ4v) is 3.34. The second kappa shape index (κ2) is 5.40. The molecule has 0 radical (unpaired) electrons. The molecule has 2 atom stereocenters. The Morgan fingerprint density at radius 2 is 2.22 bits per heavy atom. The van der Waals surface area contributed by atoms with Gasteiger partial charge >= 0.3 is 0 Å². The number of nitrogens with two attached hydrogens (primary N) is 1. The van der Waals surface area contributed by atoms with Crippen LogP contribution < -0.4 is 5.73 Å². The van der Waals surface area contributed by atoms with Crippen LogP contribution in [-0.4, -0.2) is 29.3 Å². The fourth-order valence-electron chi connectivity index (χ4n) is 2.21. The summed E-state index contributed by atoms with van der Waals surface area (Å²) in [4.78, 5) is 25.4. The lowest BCUT2D eigenvalue weighted by atomic mass is 9.92. The Balaban J connectivity index is 2.15. The van der Waals surface area contributed by atoms with E-state index in [4.69, 9.17) is 5.73 Å². The van der Waals surface area contributed by atoms with Crippen LogP contribution in [0.25, 0.3) is 0 Å². The quantitative estimate of drug-likeness (QED) is 0.903. The number of primary amides is 1. The maximum absolute atomic E-state index is 12.4. The summed E-state index contributed by atoms with van der Waals surface area (Å²) in [5.41, 5.74) is 6.01. The van der Waals surface area contributed by atoms with Crippen molar-refractivity contribution in [1.82, 2.24) is 4.90 Å². The number of hydrogen-bond donors (Lipinski definition) is 1. The monoisotopic (exact) mass is 330 g/mol. The zero-order valence-electron chi connectivity index (χ0n) is 10.1. The second-order valence-electron chi connectivity index (χ2n) is 4.62. The lowest BCUT2D eigenvalue weighted by molar-refractivity contribution is -0.123. The molecule has 1 aliphatic rings. The van der Waals surface area contributed by atoms with Crippen molar-refractivity contribution in [2.75, 3.05) is 6.54 Å². The highest BCUT2D eigenvalue weighted by Crippen LogP contribution is 2.26. The molecular formula is C12H15BrN2O2S. The molecule has 2 heterocycles. The SMILES string of the molecule is C[C@H]1CC[C@H](C(N)=O)CN1C(=O)c1csc(Br)c1. The number of carbonyl (C=O) groups excluding carboxylic acids is 2. The molecule has 2 rings (SSSR count). The third-order valence-corrected chi connectivity index (χ3v) is 4.86. The lowest BCUT2D eigenvalue weighted by Crippen LogP contribution is -2.48. The van der Waals surface area contributed by atoms with Crippen molar-refractivity contribution < 1.29 is 9.59 Å². The van der Waals surface area contributed by atoms with Gasteiger partial charge in [-0.2, -0.15) is 0 Å². The van der Waals surface area contributed by atoms with E-state index in [2.05, 4.69) is 15.9 Å². The number of rotatable bonds is 2. The molecule has 0 aromatic carbocycles. The maximum atomic E-state index is 12.4. The Morgan fingerprint density at radius 3 is 2.78 bits per heavy atom. The number of likely N-dealkylation sites (tertiary alicyclic amines) is 1. The van der Waals surface area contributed by atoms with Crippen LogP contribution in [0.3, 0.4) is 0 Å². The first kappa shape index (κ1) is 13.5. The van der Waals surface area contributed by atoms with Crippen LogP contribution >= 0.6 is 27.3 Å². The van der Waals surface area contributed by atoms with Crippen molar-refractivity contribution in [3.63, 3.8) is 0 Å². The summed E-state index contributed by atoms with van der Waals surface area (Å²) in [6.45, 7) is 2.44. The van der Waals surface area contributed by atoms with Crippen LogP contribution in [0.4, 0.5) is 0 Å². The number of hydrogen-bond acceptors (Lipinski definition) is 3. The highest BCUT2D eigenvalue weighted by Gasteiger charge is 2.32. The van der Waals surface area contributed by atoms with E-state index in [1.165, 1.54) is 11.3 Å². The van der Waals surface area contributed by atoms with E-state index in [0.717, 1.165) is 16.6 Å². The van der Waals surface area contributed by atoms with Crippen molar-refractivity contribution in [3.05, 3.63) is 20.8 Å². The summed E-state index contributed by atoms with van der Waals surface area (Å²) < 4.78 is 0.932. The molecule has 0 spiro atoms. The molecule has 98 valence electrons. The van der Waals surface area contributed by atoms with Gasteiger partial charge in [0.15, 0.2) is 0 Å². The van der Waals surface area contributed by atoms with Gasteiger partial charge in [-0.3, -0.25) is 9.59 Å². The summed E-state index contributed by atoms with van der Waals surface area (Å²) in [7, 11) is 0. The van der Waals surface area contributed by atoms with Gasteiger partial charge in [0, 0.05) is 18.0 Å². The van der Waals surface area contributed by atoms with Crippen LogP contribution in [0.15, 0.2) is 15.2 Å². The van der Waals surface area contributed by atoms with Gasteiger partial charge in [-0.05, 0) is 41.8 Å². The van der Waals surface area contributed by atoms with Gasteiger partial charge in [-0.1, -0.05) is 0 Å². The van der Waals surface area contributed by atoms with E-state index in [0.29, 0.717) is 12.1 Å². The summed E-state index contributed by atoms with van der Waals surface area (Å²) >= 11 is 4.83. The van der Waals surface area contributed by atoms with Gasteiger partial charge < -0.3 is 10.6 Å². The van der Waals surface area contributed by atoms with Gasteiger partial charge in [-0.25, -0.2) is 0 Å². The highest BCUT2D eigenvalue weighted by atomic mass is 79.9. The molecule has 0 unspecified atom stereocenters. The minimum absolute atomic E-state index is 0.0181. The standard InChI is InChI=1S/C12H15BrN2O2S/c1-7-2-3-8(11(14)16)5-15(7)12(17)9-4-10(13)18-6-9/h4,6-8H,2-3,5H2,1H3,(H2,14,16)/t7-,8-/m0/s1. The van der Waals surface area contributed by atoms with Crippen molar-refractivity contribution in [2.24, 2.45) is 11.7 Å². The normalized spacial score (nSPS) is 24.0. The third-order valence-electron chi connectivity index (χ3n) is 3.36. The average molecular weight is 331 g/mol. The van der Waals surface area contributed by atoms with E-state index < -0.39 is 0 Å². The van der Waals surface area contributed by atoms with Gasteiger partial charge in [0.25, 0.3) is 5.91 Å². The number of thiophene rings is 1. The molecule has 6 heteroatoms. The van der Waals surface area contributed by atoms with Gasteiger partial charge in [0.05, 0.1) is 15.3 Å². The zero-order valence-corrected chi connectivity index (χ0v) is 12.5. The van der Waals surface area contributed by atoms with Crippen LogP contribution in [0, 0.1) is 5.92 Å². The Morgan fingerprint density at radius 1 is 1.50 bits per heavy atom. The number of piperidine rings is 1. The van der Waals surface area contributed by atoms with E-state index in [1.807, 2.05) is 18.4 Å². The second-order valence-corrected chi connectivity index (χ2v) is 6.91. The average Bonchev–Trinajstić information content (AvgIpc) is 2.75. The minimum atomic E-state index is -0.314. The molecule has 2 amide bonds. The number of amides is 2. The summed E-state index contributed by atoms with van der Waals surface area (Å²) in [5.74, 6) is -0.547. The highest BCUT2D eigenvalue weighted by molar-refractivity contribution is 9.11. The number of halogens is 1. The fraction of sp³-hybridized carbons (Fsp3) is 0.500. The number of carbonyl (C=O) groups is 2. The smallest absolute Gasteiger partial charge is 0.255 e. The van der Waals surface area contributed by atoms with Crippen LogP contribution in [-0.2, 0) is 4.79 Å². The molecule has 1 aromatic rings. The Kier molecular flexibility index (Phi) is 4.07. The molecule has 2 N–H and O–H groups in total. The van der Waals surface area contributed by atoms with Gasteiger partial charge in [-0.15, -0.1) is 11.3 Å². The topological polar surface area (TPSA) is 63.4 Å². The molecule has 1 saturated heterocycles. The predicted octanol–water partition coefficient (Wildman–Crippen LogP) is 2.24. The van der Waals surface area contributed by atoms with Crippen molar-refractivity contribution in [2.45, 2.75) is 25.8 Å². The summed E-state index contributed by atoms with van der Waals surface area (Å²) in [5, 5.41) is 1.83. The Labute approximate surface area is 118 Å². The molecule has 0 saturated carbocycles. The van der Waals surface area contributed by atoms with E-state index in [9.17, 15) is 9.59 Å². The molecule has 0 bridgehead atoms. The minimum Gasteiger partial charge on any atom is -0.369 e. The largest absolute Gasteiger partial charge is 0.369 e.